The molecule has 0 bridgehead atoms. The maximum absolute atomic E-state index is 11.7. The van der Waals surface area contributed by atoms with Crippen LogP contribution >= 0.6 is 23.2 Å². The lowest BCUT2D eigenvalue weighted by atomic mass is 10.1. The largest absolute Gasteiger partial charge is 0.391 e. The standard InChI is InChI=1S/C11H11Cl2NO2/c12-8-2-1-3-9(13)11(8)14-6-7(15)4-5-10(14)16/h1-3,7,15H,4-6H2. The maximum Gasteiger partial charge on any atom is 0.227 e. The van der Waals surface area contributed by atoms with E-state index in [1.807, 2.05) is 0 Å². The summed E-state index contributed by atoms with van der Waals surface area (Å²) < 4.78 is 0. The Balaban J connectivity index is 2.38. The minimum atomic E-state index is -0.509. The third-order valence-electron chi connectivity index (χ3n) is 2.59. The van der Waals surface area contributed by atoms with E-state index in [1.54, 1.807) is 18.2 Å². The van der Waals surface area contributed by atoms with Crippen molar-refractivity contribution in [3.8, 4) is 0 Å². The van der Waals surface area contributed by atoms with Gasteiger partial charge in [0, 0.05) is 6.42 Å². The van der Waals surface area contributed by atoms with Gasteiger partial charge in [-0.15, -0.1) is 0 Å². The number of para-hydroxylation sites is 1. The molecule has 0 aromatic heterocycles. The molecule has 1 heterocycles. The molecule has 1 unspecified atom stereocenters. The van der Waals surface area contributed by atoms with Gasteiger partial charge in [-0.2, -0.15) is 0 Å². The van der Waals surface area contributed by atoms with E-state index in [-0.39, 0.29) is 12.5 Å². The van der Waals surface area contributed by atoms with Gasteiger partial charge in [-0.25, -0.2) is 0 Å². The number of piperidine rings is 1. The molecule has 1 N–H and O–H groups in total. The molecule has 2 rings (SSSR count). The quantitative estimate of drug-likeness (QED) is 0.842. The van der Waals surface area contributed by atoms with Gasteiger partial charge in [-0.3, -0.25) is 4.79 Å². The molecule has 1 aromatic carbocycles. The topological polar surface area (TPSA) is 40.5 Å². The fraction of sp³-hybridized carbons (Fsp3) is 0.364. The van der Waals surface area contributed by atoms with Crippen LogP contribution in [0.2, 0.25) is 10.0 Å². The molecule has 0 saturated carbocycles. The molecule has 1 aromatic rings. The SMILES string of the molecule is O=C1CCC(O)CN1c1c(Cl)cccc1Cl. The first-order chi connectivity index (χ1) is 7.59. The number of carbonyl (C=O) groups excluding carboxylic acids is 1. The van der Waals surface area contributed by atoms with Crippen LogP contribution in [0, 0.1) is 0 Å². The Morgan fingerprint density at radius 1 is 1.31 bits per heavy atom. The molecule has 5 heteroatoms. The maximum atomic E-state index is 11.7. The van der Waals surface area contributed by atoms with E-state index in [4.69, 9.17) is 23.2 Å². The van der Waals surface area contributed by atoms with Crippen LogP contribution < -0.4 is 4.90 Å². The zero-order chi connectivity index (χ0) is 11.7. The van der Waals surface area contributed by atoms with E-state index in [0.717, 1.165) is 0 Å². The lowest BCUT2D eigenvalue weighted by molar-refractivity contribution is -0.121. The van der Waals surface area contributed by atoms with Gasteiger partial charge in [-0.1, -0.05) is 29.3 Å². The molecule has 86 valence electrons. The van der Waals surface area contributed by atoms with Gasteiger partial charge < -0.3 is 10.0 Å². The summed E-state index contributed by atoms with van der Waals surface area (Å²) in [6.45, 7) is 0.252. The average molecular weight is 260 g/mol. The predicted octanol–water partition coefficient (Wildman–Crippen LogP) is 2.48. The summed E-state index contributed by atoms with van der Waals surface area (Å²) in [7, 11) is 0. The van der Waals surface area contributed by atoms with E-state index in [9.17, 15) is 9.90 Å². The number of β-amino-alcohol motifs (C(OH)–C–C–N with tert-alkyl or cyclic N) is 1. The van der Waals surface area contributed by atoms with Crippen LogP contribution in [0.4, 0.5) is 5.69 Å². The number of carbonyl (C=O) groups is 1. The lowest BCUT2D eigenvalue weighted by Gasteiger charge is -2.31. The first-order valence-corrected chi connectivity index (χ1v) is 5.77. The number of amides is 1. The Bertz CT molecular complexity index is 402. The first-order valence-electron chi connectivity index (χ1n) is 5.02. The fourth-order valence-electron chi connectivity index (χ4n) is 1.79. The predicted molar refractivity (Wildman–Crippen MR) is 64.1 cm³/mol. The molecular weight excluding hydrogens is 249 g/mol. The van der Waals surface area contributed by atoms with Crippen molar-refractivity contribution in [1.29, 1.82) is 0 Å². The second-order valence-electron chi connectivity index (χ2n) is 3.77. The smallest absolute Gasteiger partial charge is 0.227 e. The highest BCUT2D eigenvalue weighted by Crippen LogP contribution is 2.35. The van der Waals surface area contributed by atoms with Gasteiger partial charge >= 0.3 is 0 Å². The van der Waals surface area contributed by atoms with Crippen LogP contribution in [-0.4, -0.2) is 23.7 Å². The van der Waals surface area contributed by atoms with Crippen molar-refractivity contribution in [2.24, 2.45) is 0 Å². The van der Waals surface area contributed by atoms with Crippen molar-refractivity contribution in [1.82, 2.24) is 0 Å². The zero-order valence-electron chi connectivity index (χ0n) is 8.49. The zero-order valence-corrected chi connectivity index (χ0v) is 10.0. The summed E-state index contributed by atoms with van der Waals surface area (Å²) in [4.78, 5) is 13.2. The molecule has 0 radical (unpaired) electrons. The number of nitrogens with zero attached hydrogens (tertiary/aromatic N) is 1. The molecule has 1 aliphatic rings. The Kier molecular flexibility index (Phi) is 3.38. The molecular formula is C11H11Cl2NO2. The molecule has 16 heavy (non-hydrogen) atoms. The molecule has 1 aliphatic heterocycles. The van der Waals surface area contributed by atoms with Crippen molar-refractivity contribution >= 4 is 34.8 Å². The van der Waals surface area contributed by atoms with E-state index in [0.29, 0.717) is 28.6 Å². The van der Waals surface area contributed by atoms with Crippen molar-refractivity contribution in [2.45, 2.75) is 18.9 Å². The number of hydrogen-bond donors (Lipinski definition) is 1. The summed E-state index contributed by atoms with van der Waals surface area (Å²) in [6.07, 6.45) is 0.310. The summed E-state index contributed by atoms with van der Waals surface area (Å²) in [5, 5.41) is 10.4. The molecule has 3 nitrogen and oxygen atoms in total. The fourth-order valence-corrected chi connectivity index (χ4v) is 2.39. The van der Waals surface area contributed by atoms with Crippen LogP contribution in [0.15, 0.2) is 18.2 Å². The van der Waals surface area contributed by atoms with E-state index in [1.165, 1.54) is 4.90 Å². The average Bonchev–Trinajstić information content (AvgIpc) is 2.23. The highest BCUT2D eigenvalue weighted by molar-refractivity contribution is 6.39. The third-order valence-corrected chi connectivity index (χ3v) is 3.20. The summed E-state index contributed by atoms with van der Waals surface area (Å²) in [6, 6.07) is 5.08. The molecule has 1 atom stereocenters. The Labute approximate surface area is 104 Å². The number of aliphatic hydroxyl groups is 1. The summed E-state index contributed by atoms with van der Waals surface area (Å²) in [5.41, 5.74) is 0.495. The van der Waals surface area contributed by atoms with E-state index >= 15 is 0 Å². The normalized spacial score (nSPS) is 21.3. The Morgan fingerprint density at radius 3 is 2.56 bits per heavy atom. The summed E-state index contributed by atoms with van der Waals surface area (Å²) in [5.74, 6) is -0.0553. The summed E-state index contributed by atoms with van der Waals surface area (Å²) >= 11 is 12.0. The lowest BCUT2D eigenvalue weighted by Crippen LogP contribution is -2.42. The number of hydrogen-bond acceptors (Lipinski definition) is 2. The molecule has 1 saturated heterocycles. The molecule has 0 aliphatic carbocycles. The molecule has 0 spiro atoms. The van der Waals surface area contributed by atoms with Crippen molar-refractivity contribution in [3.05, 3.63) is 28.2 Å². The van der Waals surface area contributed by atoms with Gasteiger partial charge in [-0.05, 0) is 18.6 Å². The van der Waals surface area contributed by atoms with E-state index < -0.39 is 6.10 Å². The van der Waals surface area contributed by atoms with Gasteiger partial charge in [0.1, 0.15) is 0 Å². The first kappa shape index (κ1) is 11.7. The van der Waals surface area contributed by atoms with E-state index in [2.05, 4.69) is 0 Å². The number of halogens is 2. The van der Waals surface area contributed by atoms with Gasteiger partial charge in [0.25, 0.3) is 0 Å². The minimum absolute atomic E-state index is 0.0553. The highest BCUT2D eigenvalue weighted by atomic mass is 35.5. The number of rotatable bonds is 1. The van der Waals surface area contributed by atoms with Gasteiger partial charge in [0.05, 0.1) is 28.4 Å². The number of aliphatic hydroxyl groups excluding tert-OH is 1. The molecule has 1 amide bonds. The van der Waals surface area contributed by atoms with Gasteiger partial charge in [0.2, 0.25) is 5.91 Å². The second-order valence-corrected chi connectivity index (χ2v) is 4.58. The van der Waals surface area contributed by atoms with Gasteiger partial charge in [0.15, 0.2) is 0 Å². The Morgan fingerprint density at radius 2 is 1.94 bits per heavy atom. The molecule has 1 fully saturated rings. The van der Waals surface area contributed by atoms with Crippen LogP contribution in [0.1, 0.15) is 12.8 Å². The van der Waals surface area contributed by atoms with Crippen LogP contribution in [0.25, 0.3) is 0 Å². The highest BCUT2D eigenvalue weighted by Gasteiger charge is 2.28. The monoisotopic (exact) mass is 259 g/mol. The van der Waals surface area contributed by atoms with Crippen molar-refractivity contribution < 1.29 is 9.90 Å². The van der Waals surface area contributed by atoms with Crippen LogP contribution in [0.3, 0.4) is 0 Å². The van der Waals surface area contributed by atoms with Crippen LogP contribution in [0.5, 0.6) is 0 Å². The van der Waals surface area contributed by atoms with Crippen LogP contribution in [-0.2, 0) is 4.79 Å². The Hall–Kier alpha value is -0.770. The minimum Gasteiger partial charge on any atom is -0.391 e. The van der Waals surface area contributed by atoms with Crippen molar-refractivity contribution in [3.63, 3.8) is 0 Å². The second kappa shape index (κ2) is 4.62. The third kappa shape index (κ3) is 2.17. The van der Waals surface area contributed by atoms with Crippen molar-refractivity contribution in [2.75, 3.05) is 11.4 Å². The number of anilines is 1. The number of benzene rings is 1.